The summed E-state index contributed by atoms with van der Waals surface area (Å²) in [4.78, 5) is 41.4. The lowest BCUT2D eigenvalue weighted by atomic mass is 9.95. The van der Waals surface area contributed by atoms with E-state index in [1.54, 1.807) is 33.5 Å². The van der Waals surface area contributed by atoms with Crippen LogP contribution in [0, 0.1) is 5.92 Å². The van der Waals surface area contributed by atoms with Gasteiger partial charge in [0, 0.05) is 37.1 Å². The Bertz CT molecular complexity index is 1340. The van der Waals surface area contributed by atoms with Crippen molar-refractivity contribution in [1.82, 2.24) is 10.2 Å². The fourth-order valence-corrected chi connectivity index (χ4v) is 6.61. The first-order valence-corrected chi connectivity index (χ1v) is 15.2. The van der Waals surface area contributed by atoms with Gasteiger partial charge in [0.15, 0.2) is 11.5 Å². The smallest absolute Gasteiger partial charge is 0.245 e. The van der Waals surface area contributed by atoms with Gasteiger partial charge in [-0.3, -0.25) is 14.4 Å². The van der Waals surface area contributed by atoms with Crippen LogP contribution in [0.5, 0.6) is 17.2 Å². The van der Waals surface area contributed by atoms with E-state index in [1.165, 1.54) is 6.92 Å². The van der Waals surface area contributed by atoms with Crippen LogP contribution in [0.3, 0.4) is 0 Å². The highest BCUT2D eigenvalue weighted by Crippen LogP contribution is 2.50. The predicted molar refractivity (Wildman–Crippen MR) is 163 cm³/mol. The Morgan fingerprint density at radius 1 is 1.05 bits per heavy atom. The van der Waals surface area contributed by atoms with E-state index in [1.807, 2.05) is 28.8 Å². The number of aryl methyl sites for hydroxylation is 1. The Morgan fingerprint density at radius 2 is 1.76 bits per heavy atom. The molecule has 0 radical (unpaired) electrons. The molecule has 2 amide bonds. The highest BCUT2D eigenvalue weighted by molar-refractivity contribution is 7.99. The van der Waals surface area contributed by atoms with Gasteiger partial charge in [-0.15, -0.1) is 0 Å². The van der Waals surface area contributed by atoms with Gasteiger partial charge in [-0.05, 0) is 60.1 Å². The maximum atomic E-state index is 13.8. The molecule has 1 saturated heterocycles. The number of nitrogens with zero attached hydrogens (tertiary/aromatic N) is 1. The SMILES string of the molecule is COc1cc2c(c(OC)c1OC)-c1ccc(N[C@@H](CC(C)C)C(=O)N3CCSCC3)c(=O)cc1[C@@H](NC(C)=O)CC2. The number of rotatable bonds is 9. The molecule has 0 unspecified atom stereocenters. The molecule has 0 saturated carbocycles. The largest absolute Gasteiger partial charge is 0.493 e. The third-order valence-corrected chi connectivity index (χ3v) is 8.52. The molecule has 2 aromatic rings. The standard InChI is InChI=1S/C31H41N3O6S/c1-18(2)15-25(31(37)34-11-13-41-14-12-34)33-24-10-8-21-22(17-26(24)36)23(32-19(3)35)9-7-20-16-27(38-4)29(39-5)30(40-6)28(20)21/h8,10,16-18,23,25H,7,9,11-15H2,1-6H3,(H,32,35)(H,33,36)/t23-,25-/m0/s1. The van der Waals surface area contributed by atoms with E-state index < -0.39 is 12.1 Å². The lowest BCUT2D eigenvalue weighted by molar-refractivity contribution is -0.132. The molecule has 222 valence electrons. The summed E-state index contributed by atoms with van der Waals surface area (Å²) in [5.74, 6) is 3.41. The van der Waals surface area contributed by atoms with Gasteiger partial charge in [0.1, 0.15) is 6.04 Å². The second kappa shape index (κ2) is 13.5. The van der Waals surface area contributed by atoms with Crippen molar-refractivity contribution >= 4 is 29.3 Å². The molecule has 1 aliphatic heterocycles. The number of nitrogens with one attached hydrogen (secondary N) is 2. The molecule has 1 aliphatic carbocycles. The van der Waals surface area contributed by atoms with Gasteiger partial charge in [-0.25, -0.2) is 0 Å². The molecule has 2 aliphatic rings. The quantitative estimate of drug-likeness (QED) is 0.451. The minimum Gasteiger partial charge on any atom is -0.493 e. The molecular weight excluding hydrogens is 542 g/mol. The summed E-state index contributed by atoms with van der Waals surface area (Å²) in [5, 5.41) is 6.34. The number of benzene rings is 1. The number of hydrogen-bond donors (Lipinski definition) is 2. The van der Waals surface area contributed by atoms with Gasteiger partial charge in [0.2, 0.25) is 23.0 Å². The van der Waals surface area contributed by atoms with E-state index in [4.69, 9.17) is 14.2 Å². The number of hydrogen-bond acceptors (Lipinski definition) is 8. The first-order valence-electron chi connectivity index (χ1n) is 14.1. The minimum absolute atomic E-state index is 0.0199. The summed E-state index contributed by atoms with van der Waals surface area (Å²) >= 11 is 1.85. The number of fused-ring (bicyclic) bond motifs is 3. The Hall–Kier alpha value is -3.40. The first-order chi connectivity index (χ1) is 19.7. The molecule has 10 heteroatoms. The van der Waals surface area contributed by atoms with Crippen molar-refractivity contribution in [2.75, 3.05) is 51.2 Å². The van der Waals surface area contributed by atoms with Crippen molar-refractivity contribution in [3.8, 4) is 28.4 Å². The summed E-state index contributed by atoms with van der Waals surface area (Å²) in [6, 6.07) is 6.20. The third-order valence-electron chi connectivity index (χ3n) is 7.57. The highest BCUT2D eigenvalue weighted by atomic mass is 32.2. The van der Waals surface area contributed by atoms with Crippen molar-refractivity contribution in [3.05, 3.63) is 45.6 Å². The van der Waals surface area contributed by atoms with E-state index in [0.717, 1.165) is 28.2 Å². The van der Waals surface area contributed by atoms with Gasteiger partial charge in [-0.2, -0.15) is 11.8 Å². The summed E-state index contributed by atoms with van der Waals surface area (Å²) < 4.78 is 17.1. The maximum absolute atomic E-state index is 13.8. The van der Waals surface area contributed by atoms with Gasteiger partial charge in [0.05, 0.1) is 33.1 Å². The maximum Gasteiger partial charge on any atom is 0.245 e. The second-order valence-corrected chi connectivity index (χ2v) is 12.1. The van der Waals surface area contributed by atoms with Gasteiger partial charge in [0.25, 0.3) is 0 Å². The van der Waals surface area contributed by atoms with Crippen molar-refractivity contribution in [2.24, 2.45) is 5.92 Å². The topological polar surface area (TPSA) is 106 Å². The molecule has 0 bridgehead atoms. The van der Waals surface area contributed by atoms with Crippen LogP contribution in [0.4, 0.5) is 5.69 Å². The number of carbonyl (C=O) groups is 2. The molecule has 4 rings (SSSR count). The Morgan fingerprint density at radius 3 is 2.37 bits per heavy atom. The average Bonchev–Trinajstić information content (AvgIpc) is 3.20. The molecular formula is C31H41N3O6S. The number of methoxy groups -OCH3 is 3. The van der Waals surface area contributed by atoms with E-state index in [9.17, 15) is 14.4 Å². The van der Waals surface area contributed by atoms with E-state index in [0.29, 0.717) is 60.9 Å². The molecule has 1 fully saturated rings. The normalized spacial score (nSPS) is 17.0. The number of carbonyl (C=O) groups excluding carboxylic acids is 2. The zero-order valence-electron chi connectivity index (χ0n) is 24.8. The van der Waals surface area contributed by atoms with E-state index in [2.05, 4.69) is 24.5 Å². The van der Waals surface area contributed by atoms with Crippen LogP contribution in [0.15, 0.2) is 29.1 Å². The molecule has 0 aromatic heterocycles. The number of thioether (sulfide) groups is 1. The van der Waals surface area contributed by atoms with Crippen LogP contribution >= 0.6 is 11.8 Å². The Balaban J connectivity index is 1.87. The highest BCUT2D eigenvalue weighted by Gasteiger charge is 2.31. The van der Waals surface area contributed by atoms with Crippen molar-refractivity contribution < 1.29 is 23.8 Å². The molecule has 2 atom stereocenters. The monoisotopic (exact) mass is 583 g/mol. The molecule has 1 heterocycles. The Kier molecular flexibility index (Phi) is 10.1. The average molecular weight is 584 g/mol. The van der Waals surface area contributed by atoms with Crippen molar-refractivity contribution in [1.29, 1.82) is 0 Å². The lowest BCUT2D eigenvalue weighted by Crippen LogP contribution is -2.47. The minimum atomic E-state index is -0.523. The molecule has 2 aromatic carbocycles. The summed E-state index contributed by atoms with van der Waals surface area (Å²) in [6.07, 6.45) is 1.79. The van der Waals surface area contributed by atoms with Crippen LogP contribution < -0.4 is 30.3 Å². The van der Waals surface area contributed by atoms with Crippen LogP contribution in [0.2, 0.25) is 0 Å². The Labute approximate surface area is 246 Å². The van der Waals surface area contributed by atoms with Gasteiger partial charge in [-0.1, -0.05) is 19.9 Å². The fraction of sp³-hybridized carbons (Fsp3) is 0.516. The number of anilines is 1. The van der Waals surface area contributed by atoms with Crippen LogP contribution in [-0.2, 0) is 16.0 Å². The molecule has 0 spiro atoms. The molecule has 41 heavy (non-hydrogen) atoms. The molecule has 9 nitrogen and oxygen atoms in total. The zero-order chi connectivity index (χ0) is 29.7. The summed E-state index contributed by atoms with van der Waals surface area (Å²) in [7, 11) is 4.71. The predicted octanol–water partition coefficient (Wildman–Crippen LogP) is 4.27. The number of ether oxygens (including phenoxy) is 3. The summed E-state index contributed by atoms with van der Waals surface area (Å²) in [6.45, 7) is 7.03. The zero-order valence-corrected chi connectivity index (χ0v) is 25.6. The second-order valence-electron chi connectivity index (χ2n) is 10.9. The van der Waals surface area contributed by atoms with Gasteiger partial charge >= 0.3 is 0 Å². The molecule has 2 N–H and O–H groups in total. The van der Waals surface area contributed by atoms with Crippen LogP contribution in [0.25, 0.3) is 11.1 Å². The van der Waals surface area contributed by atoms with Gasteiger partial charge < -0.3 is 29.7 Å². The van der Waals surface area contributed by atoms with E-state index in [-0.39, 0.29) is 23.2 Å². The van der Waals surface area contributed by atoms with Crippen molar-refractivity contribution in [3.63, 3.8) is 0 Å². The van der Waals surface area contributed by atoms with Crippen molar-refractivity contribution in [2.45, 2.75) is 52.1 Å². The fourth-order valence-electron chi connectivity index (χ4n) is 5.71. The third kappa shape index (κ3) is 6.74. The first kappa shape index (κ1) is 30.6. The van der Waals surface area contributed by atoms with Crippen LogP contribution in [-0.4, -0.2) is 68.7 Å². The lowest BCUT2D eigenvalue weighted by Gasteiger charge is -2.31. The number of amides is 2. The summed E-state index contributed by atoms with van der Waals surface area (Å²) in [5.41, 5.74) is 3.26. The van der Waals surface area contributed by atoms with Crippen LogP contribution in [0.1, 0.15) is 50.8 Å². The van der Waals surface area contributed by atoms with E-state index >= 15 is 0 Å².